The molecule has 11 nitrogen and oxygen atoms in total. The molecule has 1 aromatic carbocycles. The van der Waals surface area contributed by atoms with E-state index in [9.17, 15) is 19.5 Å². The molecule has 0 aliphatic carbocycles. The number of aliphatic hydroxyl groups excluding tert-OH is 1. The third kappa shape index (κ3) is 9.93. The van der Waals surface area contributed by atoms with Crippen LogP contribution < -0.4 is 15.4 Å². The summed E-state index contributed by atoms with van der Waals surface area (Å²) in [5.41, 5.74) is 1.17. The van der Waals surface area contributed by atoms with Gasteiger partial charge >= 0.3 is 6.03 Å². The molecule has 0 radical (unpaired) electrons. The van der Waals surface area contributed by atoms with Gasteiger partial charge in [0.05, 0.1) is 30.4 Å². The molecule has 0 saturated heterocycles. The van der Waals surface area contributed by atoms with Crippen LogP contribution in [0.5, 0.6) is 5.75 Å². The van der Waals surface area contributed by atoms with Gasteiger partial charge in [0.1, 0.15) is 5.75 Å². The molecular formula is C32H47N5O6. The number of ether oxygens (including phenoxy) is 2. The molecule has 3 rings (SSSR count). The van der Waals surface area contributed by atoms with Crippen molar-refractivity contribution in [2.24, 2.45) is 5.92 Å². The number of carbonyl (C=O) groups is 3. The van der Waals surface area contributed by atoms with Gasteiger partial charge in [-0.15, -0.1) is 0 Å². The Bertz CT molecular complexity index is 1210. The summed E-state index contributed by atoms with van der Waals surface area (Å²) in [6, 6.07) is 7.56. The van der Waals surface area contributed by atoms with Crippen LogP contribution >= 0.6 is 0 Å². The monoisotopic (exact) mass is 597 g/mol. The van der Waals surface area contributed by atoms with Gasteiger partial charge in [0.15, 0.2) is 0 Å². The number of anilines is 1. The molecule has 0 unspecified atom stereocenters. The molecule has 0 fully saturated rings. The zero-order valence-electron chi connectivity index (χ0n) is 26.2. The first-order valence-electron chi connectivity index (χ1n) is 15.1. The Morgan fingerprint density at radius 1 is 1.14 bits per heavy atom. The van der Waals surface area contributed by atoms with E-state index in [0.29, 0.717) is 30.2 Å². The highest BCUT2D eigenvalue weighted by Gasteiger charge is 2.31. The first-order valence-corrected chi connectivity index (χ1v) is 15.1. The summed E-state index contributed by atoms with van der Waals surface area (Å²) in [4.78, 5) is 46.9. The number of aliphatic hydroxyl groups is 1. The Morgan fingerprint density at radius 2 is 1.86 bits per heavy atom. The summed E-state index contributed by atoms with van der Waals surface area (Å²) >= 11 is 0. The van der Waals surface area contributed by atoms with Gasteiger partial charge in [0, 0.05) is 62.3 Å². The minimum Gasteiger partial charge on any atom is -0.490 e. The summed E-state index contributed by atoms with van der Waals surface area (Å²) in [5, 5.41) is 15.9. The summed E-state index contributed by atoms with van der Waals surface area (Å²) in [7, 11) is 1.73. The molecule has 0 saturated carbocycles. The first kappa shape index (κ1) is 33.8. The summed E-state index contributed by atoms with van der Waals surface area (Å²) in [6.07, 6.45) is 5.01. The van der Waals surface area contributed by atoms with Crippen LogP contribution in [0.4, 0.5) is 10.5 Å². The molecule has 0 spiro atoms. The number of urea groups is 1. The lowest BCUT2D eigenvalue weighted by Gasteiger charge is -2.36. The number of aromatic nitrogens is 1. The Kier molecular flexibility index (Phi) is 12.8. The maximum Gasteiger partial charge on any atom is 0.317 e. The lowest BCUT2D eigenvalue weighted by molar-refractivity contribution is -0.0122. The molecule has 1 aliphatic heterocycles. The van der Waals surface area contributed by atoms with Gasteiger partial charge in [-0.1, -0.05) is 6.92 Å². The molecule has 0 bridgehead atoms. The highest BCUT2D eigenvalue weighted by molar-refractivity contribution is 6.05. The topological polar surface area (TPSA) is 133 Å². The molecule has 11 heteroatoms. The second-order valence-corrected chi connectivity index (χ2v) is 11.7. The molecule has 1 aromatic heterocycles. The minimum atomic E-state index is -0.509. The maximum atomic E-state index is 14.2. The number of amides is 4. The van der Waals surface area contributed by atoms with E-state index in [2.05, 4.69) is 15.6 Å². The van der Waals surface area contributed by atoms with Crippen molar-refractivity contribution in [1.82, 2.24) is 20.1 Å². The van der Waals surface area contributed by atoms with Gasteiger partial charge in [-0.3, -0.25) is 14.6 Å². The smallest absolute Gasteiger partial charge is 0.317 e. The Morgan fingerprint density at radius 3 is 2.53 bits per heavy atom. The molecule has 1 aliphatic rings. The van der Waals surface area contributed by atoms with Crippen LogP contribution in [0.15, 0.2) is 42.7 Å². The predicted octanol–water partition coefficient (Wildman–Crippen LogP) is 4.18. The number of fused-ring (bicyclic) bond motifs is 1. The van der Waals surface area contributed by atoms with Gasteiger partial charge in [-0.25, -0.2) is 4.79 Å². The number of benzene rings is 1. The van der Waals surface area contributed by atoms with Crippen molar-refractivity contribution in [2.45, 2.75) is 78.2 Å². The van der Waals surface area contributed by atoms with Gasteiger partial charge in [0.2, 0.25) is 0 Å². The van der Waals surface area contributed by atoms with E-state index in [1.807, 2.05) is 27.7 Å². The number of nitrogens with zero attached hydrogens (tertiary/aromatic N) is 3. The third-order valence-electron chi connectivity index (χ3n) is 7.46. The zero-order valence-corrected chi connectivity index (χ0v) is 26.2. The number of likely N-dealkylation sites (N-methyl/N-ethyl adjacent to an activating group) is 1. The van der Waals surface area contributed by atoms with Crippen molar-refractivity contribution >= 4 is 23.5 Å². The quantitative estimate of drug-likeness (QED) is 0.436. The molecule has 4 atom stereocenters. The van der Waals surface area contributed by atoms with E-state index < -0.39 is 6.04 Å². The summed E-state index contributed by atoms with van der Waals surface area (Å²) < 4.78 is 12.6. The molecule has 43 heavy (non-hydrogen) atoms. The minimum absolute atomic E-state index is 0.000505. The number of hydrogen-bond acceptors (Lipinski definition) is 7. The Labute approximate surface area is 254 Å². The van der Waals surface area contributed by atoms with E-state index in [-0.39, 0.29) is 60.7 Å². The highest BCUT2D eigenvalue weighted by atomic mass is 16.5. The Balaban J connectivity index is 1.94. The Hall–Kier alpha value is -3.70. The number of rotatable bonds is 7. The predicted molar refractivity (Wildman–Crippen MR) is 165 cm³/mol. The third-order valence-corrected chi connectivity index (χ3v) is 7.46. The van der Waals surface area contributed by atoms with E-state index in [1.54, 1.807) is 54.1 Å². The van der Waals surface area contributed by atoms with Gasteiger partial charge in [0.25, 0.3) is 11.8 Å². The van der Waals surface area contributed by atoms with Crippen LogP contribution in [0.1, 0.15) is 74.6 Å². The average Bonchev–Trinajstić information content (AvgIpc) is 2.98. The zero-order chi connectivity index (χ0) is 31.5. The van der Waals surface area contributed by atoms with Crippen molar-refractivity contribution in [3.63, 3.8) is 0 Å². The molecule has 3 N–H and O–H groups in total. The summed E-state index contributed by atoms with van der Waals surface area (Å²) in [5.74, 6) is -0.424. The highest BCUT2D eigenvalue weighted by Crippen LogP contribution is 2.28. The maximum absolute atomic E-state index is 14.2. The fraction of sp³-hybridized carbons (Fsp3) is 0.562. The largest absolute Gasteiger partial charge is 0.490 e. The lowest BCUT2D eigenvalue weighted by atomic mass is 10.0. The number of nitrogens with one attached hydrogen (secondary N) is 2. The molecule has 4 amide bonds. The van der Waals surface area contributed by atoms with Crippen LogP contribution in [-0.4, -0.2) is 95.4 Å². The van der Waals surface area contributed by atoms with Crippen LogP contribution in [-0.2, 0) is 4.74 Å². The van der Waals surface area contributed by atoms with E-state index in [1.165, 1.54) is 12.4 Å². The first-order chi connectivity index (χ1) is 20.5. The summed E-state index contributed by atoms with van der Waals surface area (Å²) in [6.45, 7) is 10.4. The normalized spacial score (nSPS) is 20.8. The molecule has 236 valence electrons. The van der Waals surface area contributed by atoms with Crippen molar-refractivity contribution in [2.75, 3.05) is 38.7 Å². The van der Waals surface area contributed by atoms with Crippen molar-refractivity contribution in [3.05, 3.63) is 53.9 Å². The van der Waals surface area contributed by atoms with Gasteiger partial charge in [-0.05, 0) is 77.3 Å². The van der Waals surface area contributed by atoms with Crippen LogP contribution in [0.2, 0.25) is 0 Å². The van der Waals surface area contributed by atoms with Gasteiger partial charge < -0.3 is 35.0 Å². The van der Waals surface area contributed by atoms with Crippen molar-refractivity contribution in [3.8, 4) is 5.75 Å². The van der Waals surface area contributed by atoms with Crippen molar-refractivity contribution in [1.29, 1.82) is 0 Å². The second-order valence-electron chi connectivity index (χ2n) is 11.7. The van der Waals surface area contributed by atoms with Crippen LogP contribution in [0.25, 0.3) is 0 Å². The van der Waals surface area contributed by atoms with E-state index in [4.69, 9.17) is 9.47 Å². The molecule has 2 aromatic rings. The fourth-order valence-corrected chi connectivity index (χ4v) is 4.88. The molecule has 2 heterocycles. The van der Waals surface area contributed by atoms with E-state index >= 15 is 0 Å². The second kappa shape index (κ2) is 16.2. The SMILES string of the molecule is CC(C)NC(=O)N(C)C[C@@H]1OCCCC[C@@H](C)Oc2ccc(NC(=O)c3ccncc3)cc2C(=O)N([C@H](C)CO)C[C@H]1C. The number of pyridine rings is 1. The molecular weight excluding hydrogens is 550 g/mol. The van der Waals surface area contributed by atoms with Crippen LogP contribution in [0, 0.1) is 5.92 Å². The number of hydrogen-bond donors (Lipinski definition) is 3. The van der Waals surface area contributed by atoms with E-state index in [0.717, 1.165) is 19.3 Å². The average molecular weight is 598 g/mol. The lowest BCUT2D eigenvalue weighted by Crippen LogP contribution is -2.49. The van der Waals surface area contributed by atoms with Crippen molar-refractivity contribution < 1.29 is 29.0 Å². The standard InChI is InChI=1S/C32H47N5O6/c1-21(2)34-32(41)36(6)19-29-22(3)18-37(23(4)20-38)31(40)27-17-26(35-30(39)25-12-14-33-15-13-25)10-11-28(27)43-24(5)9-7-8-16-42-29/h10-15,17,21-24,29,38H,7-9,16,18-20H2,1-6H3,(H,34,41)(H,35,39)/t22-,23-,24-,29+/m1/s1. The number of carbonyl (C=O) groups excluding carboxylic acids is 3. The fourth-order valence-electron chi connectivity index (χ4n) is 4.88. The van der Waals surface area contributed by atoms with Gasteiger partial charge in [-0.2, -0.15) is 0 Å². The van der Waals surface area contributed by atoms with Crippen LogP contribution in [0.3, 0.4) is 0 Å².